The molecule has 1 fully saturated rings. The van der Waals surface area contributed by atoms with Gasteiger partial charge in [0.15, 0.2) is 0 Å². The van der Waals surface area contributed by atoms with Crippen molar-refractivity contribution in [3.8, 4) is 0 Å². The van der Waals surface area contributed by atoms with E-state index in [0.29, 0.717) is 18.3 Å². The summed E-state index contributed by atoms with van der Waals surface area (Å²) in [6.45, 7) is 4.35. The third kappa shape index (κ3) is 3.03. The third-order valence-corrected chi connectivity index (χ3v) is 3.56. The topological polar surface area (TPSA) is 59.0 Å². The van der Waals surface area contributed by atoms with Crippen LogP contribution >= 0.6 is 11.6 Å². The number of hydrogen-bond acceptors (Lipinski definition) is 4. The molecule has 1 unspecified atom stereocenters. The number of rotatable bonds is 3. The van der Waals surface area contributed by atoms with Crippen molar-refractivity contribution in [2.75, 3.05) is 18.4 Å². The predicted octanol–water partition coefficient (Wildman–Crippen LogP) is 1.47. The van der Waals surface area contributed by atoms with E-state index in [1.807, 2.05) is 6.92 Å². The van der Waals surface area contributed by atoms with Gasteiger partial charge in [-0.3, -0.25) is 4.79 Å². The van der Waals surface area contributed by atoms with E-state index in [9.17, 15) is 4.79 Å². The van der Waals surface area contributed by atoms with Crippen LogP contribution in [0.5, 0.6) is 0 Å². The second kappa shape index (κ2) is 6.20. The summed E-state index contributed by atoms with van der Waals surface area (Å²) in [5.74, 6) is 0. The molecule has 1 aliphatic rings. The Kier molecular flexibility index (Phi) is 4.60. The van der Waals surface area contributed by atoms with Crippen LogP contribution in [0.1, 0.15) is 26.2 Å². The highest BCUT2D eigenvalue weighted by atomic mass is 35.5. The zero-order valence-electron chi connectivity index (χ0n) is 10.6. The molecule has 2 rings (SSSR count). The fourth-order valence-corrected chi connectivity index (χ4v) is 2.35. The van der Waals surface area contributed by atoms with E-state index in [1.165, 1.54) is 17.5 Å². The molecule has 100 valence electrons. The number of anilines is 1. The van der Waals surface area contributed by atoms with E-state index in [0.717, 1.165) is 19.5 Å². The van der Waals surface area contributed by atoms with Gasteiger partial charge in [-0.25, -0.2) is 4.68 Å². The maximum atomic E-state index is 11.8. The van der Waals surface area contributed by atoms with Gasteiger partial charge in [-0.1, -0.05) is 18.0 Å². The van der Waals surface area contributed by atoms with Gasteiger partial charge in [0.2, 0.25) is 0 Å². The number of hydrogen-bond donors (Lipinski definition) is 2. The van der Waals surface area contributed by atoms with Crippen molar-refractivity contribution in [3.63, 3.8) is 0 Å². The summed E-state index contributed by atoms with van der Waals surface area (Å²) >= 11 is 6.08. The molecule has 1 saturated heterocycles. The first-order chi connectivity index (χ1) is 8.72. The number of halogens is 1. The quantitative estimate of drug-likeness (QED) is 0.873. The van der Waals surface area contributed by atoms with Crippen molar-refractivity contribution in [1.29, 1.82) is 0 Å². The van der Waals surface area contributed by atoms with Gasteiger partial charge in [0, 0.05) is 19.1 Å². The molecule has 1 atom stereocenters. The Labute approximate surface area is 112 Å². The Morgan fingerprint density at radius 3 is 3.22 bits per heavy atom. The van der Waals surface area contributed by atoms with Gasteiger partial charge >= 0.3 is 0 Å². The number of nitrogens with one attached hydrogen (secondary N) is 2. The second-order valence-corrected chi connectivity index (χ2v) is 4.91. The van der Waals surface area contributed by atoms with E-state index >= 15 is 0 Å². The van der Waals surface area contributed by atoms with E-state index in [4.69, 9.17) is 11.6 Å². The minimum absolute atomic E-state index is 0.231. The first-order valence-corrected chi connectivity index (χ1v) is 6.83. The van der Waals surface area contributed by atoms with Crippen LogP contribution in [0, 0.1) is 0 Å². The van der Waals surface area contributed by atoms with Crippen LogP contribution in [-0.4, -0.2) is 28.9 Å². The molecule has 2 heterocycles. The van der Waals surface area contributed by atoms with Crippen LogP contribution in [0.15, 0.2) is 11.0 Å². The normalized spacial score (nSPS) is 20.4. The molecule has 18 heavy (non-hydrogen) atoms. The fourth-order valence-electron chi connectivity index (χ4n) is 2.15. The first kappa shape index (κ1) is 13.4. The molecule has 0 aliphatic carbocycles. The molecule has 2 N–H and O–H groups in total. The monoisotopic (exact) mass is 270 g/mol. The Morgan fingerprint density at radius 2 is 2.44 bits per heavy atom. The number of aryl methyl sites for hydroxylation is 1. The predicted molar refractivity (Wildman–Crippen MR) is 73.3 cm³/mol. The Hall–Kier alpha value is -1.07. The average molecular weight is 271 g/mol. The molecule has 5 nitrogen and oxygen atoms in total. The van der Waals surface area contributed by atoms with Gasteiger partial charge in [-0.05, 0) is 26.3 Å². The zero-order chi connectivity index (χ0) is 13.0. The molecule has 1 aromatic heterocycles. The van der Waals surface area contributed by atoms with Crippen molar-refractivity contribution >= 4 is 17.3 Å². The van der Waals surface area contributed by atoms with Crippen molar-refractivity contribution in [3.05, 3.63) is 21.6 Å². The van der Waals surface area contributed by atoms with Crippen molar-refractivity contribution in [2.45, 2.75) is 38.8 Å². The standard InChI is InChI=1S/C12H19ClN4O/c1-2-17-12(18)11(13)10(8-15-17)16-9-5-3-4-6-14-7-9/h8-9,14,16H,2-7H2,1H3. The summed E-state index contributed by atoms with van der Waals surface area (Å²) in [6, 6.07) is 0.309. The lowest BCUT2D eigenvalue weighted by atomic mass is 10.1. The number of aromatic nitrogens is 2. The Balaban J connectivity index is 2.13. The van der Waals surface area contributed by atoms with Crippen molar-refractivity contribution < 1.29 is 0 Å². The molecular weight excluding hydrogens is 252 g/mol. The molecule has 0 radical (unpaired) electrons. The molecule has 0 aromatic carbocycles. The van der Waals surface area contributed by atoms with E-state index in [2.05, 4.69) is 15.7 Å². The van der Waals surface area contributed by atoms with Crippen LogP contribution < -0.4 is 16.2 Å². The van der Waals surface area contributed by atoms with Gasteiger partial charge in [-0.2, -0.15) is 5.10 Å². The van der Waals surface area contributed by atoms with Crippen LogP contribution in [0.2, 0.25) is 5.02 Å². The van der Waals surface area contributed by atoms with Gasteiger partial charge in [0.05, 0.1) is 11.9 Å². The smallest absolute Gasteiger partial charge is 0.287 e. The molecule has 0 amide bonds. The summed E-state index contributed by atoms with van der Waals surface area (Å²) in [6.07, 6.45) is 5.10. The summed E-state index contributed by atoms with van der Waals surface area (Å²) in [5.41, 5.74) is 0.408. The maximum absolute atomic E-state index is 11.8. The summed E-state index contributed by atoms with van der Waals surface area (Å²) in [5, 5.41) is 11.0. The van der Waals surface area contributed by atoms with Crippen molar-refractivity contribution in [2.24, 2.45) is 0 Å². The maximum Gasteiger partial charge on any atom is 0.287 e. The highest BCUT2D eigenvalue weighted by Gasteiger charge is 2.15. The van der Waals surface area contributed by atoms with Gasteiger partial charge < -0.3 is 10.6 Å². The fraction of sp³-hybridized carbons (Fsp3) is 0.667. The molecule has 0 spiro atoms. The Bertz CT molecular complexity index is 452. The molecule has 0 bridgehead atoms. The first-order valence-electron chi connectivity index (χ1n) is 6.45. The highest BCUT2D eigenvalue weighted by molar-refractivity contribution is 6.32. The van der Waals surface area contributed by atoms with Crippen molar-refractivity contribution in [1.82, 2.24) is 15.1 Å². The summed E-state index contributed by atoms with van der Waals surface area (Å²) in [7, 11) is 0. The van der Waals surface area contributed by atoms with Gasteiger partial charge in [-0.15, -0.1) is 0 Å². The lowest BCUT2D eigenvalue weighted by molar-refractivity contribution is 0.609. The lowest BCUT2D eigenvalue weighted by Crippen LogP contribution is -2.32. The Morgan fingerprint density at radius 1 is 1.61 bits per heavy atom. The molecule has 6 heteroatoms. The molecule has 1 aromatic rings. The van der Waals surface area contributed by atoms with Crippen LogP contribution in [-0.2, 0) is 6.54 Å². The molecule has 1 aliphatic heterocycles. The lowest BCUT2D eigenvalue weighted by Gasteiger charge is -2.18. The van der Waals surface area contributed by atoms with E-state index < -0.39 is 0 Å². The molecular formula is C12H19ClN4O. The van der Waals surface area contributed by atoms with Gasteiger partial charge in [0.25, 0.3) is 5.56 Å². The largest absolute Gasteiger partial charge is 0.378 e. The SMILES string of the molecule is CCn1ncc(NC2CCCCNC2)c(Cl)c1=O. The minimum Gasteiger partial charge on any atom is -0.378 e. The van der Waals surface area contributed by atoms with Crippen LogP contribution in [0.4, 0.5) is 5.69 Å². The second-order valence-electron chi connectivity index (χ2n) is 4.53. The van der Waals surface area contributed by atoms with Gasteiger partial charge in [0.1, 0.15) is 5.02 Å². The third-order valence-electron chi connectivity index (χ3n) is 3.19. The highest BCUT2D eigenvalue weighted by Crippen LogP contribution is 2.18. The van der Waals surface area contributed by atoms with E-state index in [-0.39, 0.29) is 10.6 Å². The minimum atomic E-state index is -0.231. The average Bonchev–Trinajstić information content (AvgIpc) is 2.64. The van der Waals surface area contributed by atoms with Crippen LogP contribution in [0.25, 0.3) is 0 Å². The van der Waals surface area contributed by atoms with Crippen LogP contribution in [0.3, 0.4) is 0 Å². The number of nitrogens with zero attached hydrogens (tertiary/aromatic N) is 2. The molecule has 0 saturated carbocycles. The summed E-state index contributed by atoms with van der Waals surface area (Å²) in [4.78, 5) is 11.8. The zero-order valence-corrected chi connectivity index (χ0v) is 11.3. The summed E-state index contributed by atoms with van der Waals surface area (Å²) < 4.78 is 1.36. The van der Waals surface area contributed by atoms with E-state index in [1.54, 1.807) is 6.20 Å².